The van der Waals surface area contributed by atoms with Crippen molar-refractivity contribution in [3.8, 4) is 5.75 Å². The number of aromatic nitrogens is 2. The Hall–Kier alpha value is -4.06. The number of hydrogen-bond acceptors (Lipinski definition) is 4. The van der Waals surface area contributed by atoms with Crippen LogP contribution in [0.4, 0.5) is 11.6 Å². The van der Waals surface area contributed by atoms with Crippen molar-refractivity contribution in [1.29, 1.82) is 0 Å². The number of fused-ring (bicyclic) bond motifs is 3. The van der Waals surface area contributed by atoms with Crippen molar-refractivity contribution < 1.29 is 9.90 Å². The van der Waals surface area contributed by atoms with Gasteiger partial charge in [-0.1, -0.05) is 48.5 Å². The summed E-state index contributed by atoms with van der Waals surface area (Å²) < 4.78 is 1.97. The molecule has 0 saturated carbocycles. The Bertz CT molecular complexity index is 1290. The van der Waals surface area contributed by atoms with Crippen molar-refractivity contribution in [2.45, 2.75) is 13.0 Å². The summed E-state index contributed by atoms with van der Waals surface area (Å²) in [4.78, 5) is 18.1. The van der Waals surface area contributed by atoms with Crippen LogP contribution >= 0.6 is 0 Å². The second-order valence-electron chi connectivity index (χ2n) is 7.24. The van der Waals surface area contributed by atoms with Crippen LogP contribution in [-0.2, 0) is 4.79 Å². The van der Waals surface area contributed by atoms with E-state index in [9.17, 15) is 9.90 Å². The molecular weight excluding hydrogens is 376 g/mol. The highest BCUT2D eigenvalue weighted by atomic mass is 16.3. The normalized spacial score (nSPS) is 15.6. The highest BCUT2D eigenvalue weighted by Gasteiger charge is 2.35. The summed E-state index contributed by atoms with van der Waals surface area (Å²) in [5.74, 6) is 0.534. The topological polar surface area (TPSA) is 79.2 Å². The molecule has 0 unspecified atom stereocenters. The molecule has 6 nitrogen and oxygen atoms in total. The van der Waals surface area contributed by atoms with Crippen LogP contribution < -0.4 is 10.6 Å². The van der Waals surface area contributed by atoms with Crippen LogP contribution in [0.25, 0.3) is 11.0 Å². The molecule has 1 amide bonds. The van der Waals surface area contributed by atoms with Crippen molar-refractivity contribution in [3.63, 3.8) is 0 Å². The fraction of sp³-hybridized carbons (Fsp3) is 0.0833. The minimum absolute atomic E-state index is 0.131. The number of nitrogens with one attached hydrogen (secondary N) is 2. The molecule has 4 aromatic rings. The molecule has 3 N–H and O–H groups in total. The molecule has 2 heterocycles. The number of benzene rings is 3. The molecule has 1 aromatic heterocycles. The summed E-state index contributed by atoms with van der Waals surface area (Å²) in [7, 11) is 0. The lowest BCUT2D eigenvalue weighted by atomic mass is 9.93. The van der Waals surface area contributed by atoms with E-state index in [1.165, 1.54) is 0 Å². The van der Waals surface area contributed by atoms with E-state index < -0.39 is 6.04 Å². The Balaban J connectivity index is 1.70. The van der Waals surface area contributed by atoms with Gasteiger partial charge < -0.3 is 15.7 Å². The third kappa shape index (κ3) is 2.90. The van der Waals surface area contributed by atoms with Crippen molar-refractivity contribution in [2.24, 2.45) is 0 Å². The number of amides is 1. The number of anilines is 2. The van der Waals surface area contributed by atoms with Crippen LogP contribution in [0.5, 0.6) is 5.75 Å². The first kappa shape index (κ1) is 18.0. The van der Waals surface area contributed by atoms with Crippen LogP contribution in [-0.4, -0.2) is 20.6 Å². The predicted octanol–water partition coefficient (Wildman–Crippen LogP) is 4.67. The molecule has 148 valence electrons. The molecule has 6 heteroatoms. The van der Waals surface area contributed by atoms with E-state index in [1.807, 2.05) is 78.2 Å². The van der Waals surface area contributed by atoms with Crippen LogP contribution in [0.2, 0.25) is 0 Å². The van der Waals surface area contributed by atoms with Gasteiger partial charge in [-0.15, -0.1) is 0 Å². The van der Waals surface area contributed by atoms with Gasteiger partial charge in [0, 0.05) is 16.9 Å². The second kappa shape index (κ2) is 7.08. The molecule has 5 rings (SSSR count). The molecule has 3 aromatic carbocycles. The fourth-order valence-electron chi connectivity index (χ4n) is 3.99. The van der Waals surface area contributed by atoms with Crippen molar-refractivity contribution in [2.75, 3.05) is 10.6 Å². The molecule has 0 radical (unpaired) electrons. The van der Waals surface area contributed by atoms with Crippen LogP contribution in [0.15, 0.2) is 90.1 Å². The number of imidazole rings is 1. The lowest BCUT2D eigenvalue weighted by Crippen LogP contribution is -2.31. The molecule has 0 aliphatic carbocycles. The number of nitrogens with zero attached hydrogens (tertiary/aromatic N) is 2. The second-order valence-corrected chi connectivity index (χ2v) is 7.24. The minimum atomic E-state index is -0.529. The van der Waals surface area contributed by atoms with E-state index in [0.29, 0.717) is 28.5 Å². The number of carbonyl (C=O) groups is 1. The maximum atomic E-state index is 13.4. The highest BCUT2D eigenvalue weighted by Crippen LogP contribution is 2.42. The number of aromatic hydroxyl groups is 1. The van der Waals surface area contributed by atoms with Crippen molar-refractivity contribution in [3.05, 3.63) is 95.7 Å². The third-order valence-electron chi connectivity index (χ3n) is 5.34. The average Bonchev–Trinajstić information content (AvgIpc) is 3.11. The smallest absolute Gasteiger partial charge is 0.255 e. The zero-order chi connectivity index (χ0) is 20.7. The molecule has 1 aliphatic heterocycles. The third-order valence-corrected chi connectivity index (χ3v) is 5.34. The largest absolute Gasteiger partial charge is 0.508 e. The number of rotatable bonds is 3. The van der Waals surface area contributed by atoms with Crippen molar-refractivity contribution in [1.82, 2.24) is 9.55 Å². The van der Waals surface area contributed by atoms with Gasteiger partial charge in [-0.2, -0.15) is 0 Å². The molecule has 0 fully saturated rings. The van der Waals surface area contributed by atoms with Gasteiger partial charge in [0.15, 0.2) is 0 Å². The van der Waals surface area contributed by atoms with Gasteiger partial charge in [-0.3, -0.25) is 9.36 Å². The average molecular weight is 396 g/mol. The molecule has 0 saturated heterocycles. The summed E-state index contributed by atoms with van der Waals surface area (Å²) in [6.45, 7) is 1.86. The van der Waals surface area contributed by atoms with E-state index >= 15 is 0 Å². The molecule has 30 heavy (non-hydrogen) atoms. The van der Waals surface area contributed by atoms with Gasteiger partial charge >= 0.3 is 0 Å². The van der Waals surface area contributed by atoms with Crippen molar-refractivity contribution >= 4 is 28.6 Å². The fourth-order valence-corrected chi connectivity index (χ4v) is 3.99. The van der Waals surface area contributed by atoms with Crippen LogP contribution in [0.3, 0.4) is 0 Å². The summed E-state index contributed by atoms with van der Waals surface area (Å²) >= 11 is 0. The molecule has 1 atom stereocenters. The summed E-state index contributed by atoms with van der Waals surface area (Å²) in [6.07, 6.45) is 0. The van der Waals surface area contributed by atoms with Crippen LogP contribution in [0, 0.1) is 0 Å². The lowest BCUT2D eigenvalue weighted by molar-refractivity contribution is -0.113. The Kier molecular flexibility index (Phi) is 4.25. The zero-order valence-electron chi connectivity index (χ0n) is 16.3. The Morgan fingerprint density at radius 3 is 2.50 bits per heavy atom. The maximum absolute atomic E-state index is 13.4. The van der Waals surface area contributed by atoms with Gasteiger partial charge in [-0.05, 0) is 37.3 Å². The zero-order valence-corrected chi connectivity index (χ0v) is 16.3. The molecular formula is C24H20N4O2. The van der Waals surface area contributed by atoms with Gasteiger partial charge in [0.1, 0.15) is 5.75 Å². The quantitative estimate of drug-likeness (QED) is 0.470. The maximum Gasteiger partial charge on any atom is 0.255 e. The number of hydrogen-bond donors (Lipinski definition) is 3. The number of phenolic OH excluding ortho intramolecular Hbond substituents is 1. The van der Waals surface area contributed by atoms with E-state index in [1.54, 1.807) is 12.1 Å². The van der Waals surface area contributed by atoms with E-state index in [4.69, 9.17) is 4.98 Å². The minimum Gasteiger partial charge on any atom is -0.508 e. The first-order chi connectivity index (χ1) is 14.6. The van der Waals surface area contributed by atoms with E-state index in [-0.39, 0.29) is 11.7 Å². The first-order valence-corrected chi connectivity index (χ1v) is 9.72. The SMILES string of the molecule is CC1=C(C(=O)Nc2ccccc2)[C@H](c2ccccc2O)n2c(nc3ccccc32)N1. The highest BCUT2D eigenvalue weighted by molar-refractivity contribution is 6.06. The first-order valence-electron chi connectivity index (χ1n) is 9.72. The standard InChI is InChI=1S/C24H20N4O2/c1-15-21(23(30)26-16-9-3-2-4-10-16)22(17-11-5-8-14-20(17)29)28-19-13-7-6-12-18(19)27-24(28)25-15/h2-14,22,29H,1H3,(H,25,27)(H,26,30)/t22-/m0/s1. The van der Waals surface area contributed by atoms with Gasteiger partial charge in [0.25, 0.3) is 5.91 Å². The number of carbonyl (C=O) groups excluding carboxylic acids is 1. The van der Waals surface area contributed by atoms with E-state index in [2.05, 4.69) is 10.6 Å². The summed E-state index contributed by atoms with van der Waals surface area (Å²) in [5.41, 5.74) is 4.26. The molecule has 0 bridgehead atoms. The van der Waals surface area contributed by atoms with Gasteiger partial charge in [0.05, 0.1) is 22.6 Å². The van der Waals surface area contributed by atoms with Gasteiger partial charge in [-0.25, -0.2) is 4.98 Å². The van der Waals surface area contributed by atoms with Crippen LogP contribution in [0.1, 0.15) is 18.5 Å². The lowest BCUT2D eigenvalue weighted by Gasteiger charge is -2.31. The predicted molar refractivity (Wildman–Crippen MR) is 117 cm³/mol. The number of para-hydroxylation sites is 4. The monoisotopic (exact) mass is 396 g/mol. The Morgan fingerprint density at radius 2 is 1.70 bits per heavy atom. The number of allylic oxidation sites excluding steroid dienone is 1. The van der Waals surface area contributed by atoms with E-state index in [0.717, 1.165) is 11.0 Å². The summed E-state index contributed by atoms with van der Waals surface area (Å²) in [6, 6.07) is 23.7. The number of phenols is 1. The molecule has 0 spiro atoms. The summed E-state index contributed by atoms with van der Waals surface area (Å²) in [5, 5.41) is 16.9. The Labute approximate surface area is 173 Å². The van der Waals surface area contributed by atoms with Gasteiger partial charge in [0.2, 0.25) is 5.95 Å². The molecule has 1 aliphatic rings. The Morgan fingerprint density at radius 1 is 1.00 bits per heavy atom.